The Balaban J connectivity index is 2.26. The number of benzene rings is 2. The molecule has 0 radical (unpaired) electrons. The molecule has 1 aliphatic heterocycles. The second-order valence-electron chi connectivity index (χ2n) is 7.16. The van der Waals surface area contributed by atoms with E-state index in [1.807, 2.05) is 33.0 Å². The van der Waals surface area contributed by atoms with Crippen LogP contribution in [0.3, 0.4) is 0 Å². The van der Waals surface area contributed by atoms with Gasteiger partial charge in [-0.3, -0.25) is 4.79 Å². The first-order valence-electron chi connectivity index (χ1n) is 8.67. The fourth-order valence-corrected chi connectivity index (χ4v) is 3.67. The Kier molecular flexibility index (Phi) is 4.23. The molecular formula is C21H26N2O2. The molecule has 2 aromatic carbocycles. The molecule has 0 fully saturated rings. The number of hydrogen-bond donors (Lipinski definition) is 1. The molecule has 1 aliphatic rings. The van der Waals surface area contributed by atoms with Crippen LogP contribution in [0.5, 0.6) is 5.75 Å². The number of nitrogens with zero attached hydrogens (tertiary/aromatic N) is 1. The van der Waals surface area contributed by atoms with Gasteiger partial charge in [0.25, 0.3) is 5.91 Å². The predicted molar refractivity (Wildman–Crippen MR) is 104 cm³/mol. The second kappa shape index (κ2) is 6.10. The van der Waals surface area contributed by atoms with E-state index in [0.29, 0.717) is 0 Å². The van der Waals surface area contributed by atoms with E-state index in [1.54, 1.807) is 12.0 Å². The molecule has 0 saturated heterocycles. The van der Waals surface area contributed by atoms with Crippen LogP contribution in [0.2, 0.25) is 0 Å². The molecule has 0 bridgehead atoms. The molecule has 0 atom stereocenters. The van der Waals surface area contributed by atoms with Gasteiger partial charge < -0.3 is 15.0 Å². The summed E-state index contributed by atoms with van der Waals surface area (Å²) in [4.78, 5) is 14.5. The molecule has 0 spiro atoms. The zero-order chi connectivity index (χ0) is 18.4. The van der Waals surface area contributed by atoms with Gasteiger partial charge in [-0.15, -0.1) is 0 Å². The van der Waals surface area contributed by atoms with Gasteiger partial charge in [-0.1, -0.05) is 24.6 Å². The summed E-state index contributed by atoms with van der Waals surface area (Å²) in [6.45, 7) is 8.03. The minimum Gasteiger partial charge on any atom is -0.496 e. The second-order valence-corrected chi connectivity index (χ2v) is 7.16. The van der Waals surface area contributed by atoms with Gasteiger partial charge in [0.15, 0.2) is 0 Å². The standard InChI is InChI=1S/C21H26N2O2/c1-7-14-15(16-12-13(2)8-11-18(16)25-6)9-10-17-19(14)23(5)20(24)21(3,4)22-17/h8-12,22H,7H2,1-6H3. The Hall–Kier alpha value is -2.49. The summed E-state index contributed by atoms with van der Waals surface area (Å²) in [7, 11) is 3.55. The fraction of sp³-hybridized carbons (Fsp3) is 0.381. The first-order valence-corrected chi connectivity index (χ1v) is 8.67. The van der Waals surface area contributed by atoms with Crippen molar-refractivity contribution in [3.63, 3.8) is 0 Å². The summed E-state index contributed by atoms with van der Waals surface area (Å²) in [5.74, 6) is 0.918. The Labute approximate surface area is 149 Å². The number of rotatable bonds is 3. The van der Waals surface area contributed by atoms with E-state index in [1.165, 1.54) is 5.56 Å². The van der Waals surface area contributed by atoms with Crippen molar-refractivity contribution in [3.8, 4) is 16.9 Å². The lowest BCUT2D eigenvalue weighted by Gasteiger charge is -2.39. The van der Waals surface area contributed by atoms with E-state index in [2.05, 4.69) is 37.4 Å². The summed E-state index contributed by atoms with van der Waals surface area (Å²) in [6.07, 6.45) is 0.829. The van der Waals surface area contributed by atoms with Crippen molar-refractivity contribution in [2.75, 3.05) is 24.4 Å². The van der Waals surface area contributed by atoms with Crippen molar-refractivity contribution in [2.24, 2.45) is 0 Å². The number of carbonyl (C=O) groups excluding carboxylic acids is 1. The maximum absolute atomic E-state index is 12.7. The smallest absolute Gasteiger partial charge is 0.251 e. The minimum atomic E-state index is -0.602. The van der Waals surface area contributed by atoms with Crippen LogP contribution >= 0.6 is 0 Å². The first kappa shape index (κ1) is 17.3. The minimum absolute atomic E-state index is 0.0723. The van der Waals surface area contributed by atoms with Gasteiger partial charge in [0.05, 0.1) is 18.5 Å². The maximum atomic E-state index is 12.7. The molecular weight excluding hydrogens is 312 g/mol. The number of nitrogens with one attached hydrogen (secondary N) is 1. The Bertz CT molecular complexity index is 840. The number of ether oxygens (including phenoxy) is 1. The zero-order valence-electron chi connectivity index (χ0n) is 15.9. The van der Waals surface area contributed by atoms with Crippen LogP contribution in [-0.4, -0.2) is 25.6 Å². The molecule has 3 rings (SSSR count). The summed E-state index contributed by atoms with van der Waals surface area (Å²) < 4.78 is 5.58. The highest BCUT2D eigenvalue weighted by Crippen LogP contribution is 2.44. The van der Waals surface area contributed by atoms with Crippen LogP contribution in [0.15, 0.2) is 30.3 Å². The van der Waals surface area contributed by atoms with E-state index in [9.17, 15) is 4.79 Å². The monoisotopic (exact) mass is 338 g/mol. The maximum Gasteiger partial charge on any atom is 0.251 e. The number of methoxy groups -OCH3 is 1. The van der Waals surface area contributed by atoms with E-state index in [0.717, 1.165) is 40.2 Å². The summed E-state index contributed by atoms with van der Waals surface area (Å²) in [5.41, 5.74) is 5.87. The normalized spacial score (nSPS) is 15.6. The number of anilines is 2. The van der Waals surface area contributed by atoms with Gasteiger partial charge in [0.1, 0.15) is 11.3 Å². The van der Waals surface area contributed by atoms with Crippen molar-refractivity contribution in [3.05, 3.63) is 41.5 Å². The largest absolute Gasteiger partial charge is 0.496 e. The average molecular weight is 338 g/mol. The van der Waals surface area contributed by atoms with Crippen LogP contribution in [0.25, 0.3) is 11.1 Å². The molecule has 0 aliphatic carbocycles. The zero-order valence-corrected chi connectivity index (χ0v) is 15.9. The highest BCUT2D eigenvalue weighted by Gasteiger charge is 2.38. The molecule has 4 heteroatoms. The van der Waals surface area contributed by atoms with E-state index in [4.69, 9.17) is 4.74 Å². The van der Waals surface area contributed by atoms with Gasteiger partial charge in [-0.2, -0.15) is 0 Å². The molecule has 1 amide bonds. The number of fused-ring (bicyclic) bond motifs is 1. The van der Waals surface area contributed by atoms with Crippen molar-refractivity contribution in [2.45, 2.75) is 39.7 Å². The average Bonchev–Trinajstić information content (AvgIpc) is 2.58. The van der Waals surface area contributed by atoms with E-state index in [-0.39, 0.29) is 5.91 Å². The molecule has 0 saturated carbocycles. The number of hydrogen-bond acceptors (Lipinski definition) is 3. The van der Waals surface area contributed by atoms with E-state index < -0.39 is 5.54 Å². The lowest BCUT2D eigenvalue weighted by Crippen LogP contribution is -2.52. The highest BCUT2D eigenvalue weighted by molar-refractivity contribution is 6.08. The molecule has 1 N–H and O–H groups in total. The number of amides is 1. The Morgan fingerprint density at radius 2 is 1.88 bits per heavy atom. The van der Waals surface area contributed by atoms with Crippen molar-refractivity contribution < 1.29 is 9.53 Å². The Morgan fingerprint density at radius 1 is 1.16 bits per heavy atom. The van der Waals surface area contributed by atoms with Gasteiger partial charge in [-0.25, -0.2) is 0 Å². The molecule has 132 valence electrons. The van der Waals surface area contributed by atoms with Crippen LogP contribution in [-0.2, 0) is 11.2 Å². The van der Waals surface area contributed by atoms with Crippen LogP contribution in [0.4, 0.5) is 11.4 Å². The topological polar surface area (TPSA) is 41.6 Å². The first-order chi connectivity index (χ1) is 11.8. The van der Waals surface area contributed by atoms with Gasteiger partial charge in [0.2, 0.25) is 0 Å². The third kappa shape index (κ3) is 2.76. The fourth-order valence-electron chi connectivity index (χ4n) is 3.67. The number of likely N-dealkylation sites (N-methyl/N-ethyl adjacent to an activating group) is 1. The van der Waals surface area contributed by atoms with Crippen molar-refractivity contribution >= 4 is 17.3 Å². The summed E-state index contributed by atoms with van der Waals surface area (Å²) in [5, 5.41) is 3.39. The van der Waals surface area contributed by atoms with Crippen LogP contribution in [0.1, 0.15) is 31.9 Å². The Morgan fingerprint density at radius 3 is 2.52 bits per heavy atom. The third-order valence-corrected chi connectivity index (χ3v) is 4.90. The van der Waals surface area contributed by atoms with Crippen LogP contribution < -0.4 is 15.0 Å². The molecule has 2 aromatic rings. The SMILES string of the molecule is CCc1c(-c2cc(C)ccc2OC)ccc2c1N(C)C(=O)C(C)(C)N2. The molecule has 0 unspecified atom stereocenters. The predicted octanol–water partition coefficient (Wildman–Crippen LogP) is 4.40. The van der Waals surface area contributed by atoms with E-state index >= 15 is 0 Å². The van der Waals surface area contributed by atoms with Gasteiger partial charge in [0, 0.05) is 12.6 Å². The number of aryl methyl sites for hydroxylation is 1. The number of carbonyl (C=O) groups is 1. The van der Waals surface area contributed by atoms with Crippen molar-refractivity contribution in [1.29, 1.82) is 0 Å². The lowest BCUT2D eigenvalue weighted by atomic mass is 9.90. The lowest BCUT2D eigenvalue weighted by molar-refractivity contribution is -0.121. The molecule has 1 heterocycles. The summed E-state index contributed by atoms with van der Waals surface area (Å²) >= 11 is 0. The van der Waals surface area contributed by atoms with Gasteiger partial charge >= 0.3 is 0 Å². The van der Waals surface area contributed by atoms with Crippen molar-refractivity contribution in [1.82, 2.24) is 0 Å². The third-order valence-electron chi connectivity index (χ3n) is 4.90. The molecule has 25 heavy (non-hydrogen) atoms. The van der Waals surface area contributed by atoms with Crippen LogP contribution in [0, 0.1) is 6.92 Å². The highest BCUT2D eigenvalue weighted by atomic mass is 16.5. The van der Waals surface area contributed by atoms with Gasteiger partial charge in [-0.05, 0) is 56.5 Å². The molecule has 4 nitrogen and oxygen atoms in total. The molecule has 0 aromatic heterocycles. The quantitative estimate of drug-likeness (QED) is 0.902. The summed E-state index contributed by atoms with van der Waals surface area (Å²) in [6, 6.07) is 10.4.